The van der Waals surface area contributed by atoms with Crippen molar-refractivity contribution in [1.29, 1.82) is 0 Å². The molecule has 0 amide bonds. The summed E-state index contributed by atoms with van der Waals surface area (Å²) in [5.74, 6) is 0. The zero-order chi connectivity index (χ0) is 9.71. The van der Waals surface area contributed by atoms with E-state index in [1.807, 2.05) is 13.8 Å². The molecular formula is C2H6Na2O6S3. The quantitative estimate of drug-likeness (QED) is 0.278. The SMILES string of the molecule is CC.O=S(=O)([O-])SS(=O)(=O)[O-].[Na+].[Na+]. The van der Waals surface area contributed by atoms with Gasteiger partial charge in [0.1, 0.15) is 0 Å². The third-order valence-corrected chi connectivity index (χ3v) is 4.50. The van der Waals surface area contributed by atoms with Gasteiger partial charge < -0.3 is 9.11 Å². The fraction of sp³-hybridized carbons (Fsp3) is 1.00. The van der Waals surface area contributed by atoms with Crippen LogP contribution in [0.4, 0.5) is 0 Å². The van der Waals surface area contributed by atoms with Crippen molar-refractivity contribution in [2.45, 2.75) is 13.8 Å². The van der Waals surface area contributed by atoms with Crippen LogP contribution in [0.1, 0.15) is 13.8 Å². The summed E-state index contributed by atoms with van der Waals surface area (Å²) in [6, 6.07) is 0. The van der Waals surface area contributed by atoms with Crippen LogP contribution in [-0.2, 0) is 18.3 Å². The largest absolute Gasteiger partial charge is 1.00 e. The van der Waals surface area contributed by atoms with Gasteiger partial charge in [0.25, 0.3) is 0 Å². The molecule has 0 saturated carbocycles. The minimum atomic E-state index is -5.02. The maximum absolute atomic E-state index is 9.48. The molecule has 0 rings (SSSR count). The van der Waals surface area contributed by atoms with Gasteiger partial charge in [-0.25, -0.2) is 16.8 Å². The molecule has 6 nitrogen and oxygen atoms in total. The van der Waals surface area contributed by atoms with Crippen molar-refractivity contribution in [3.05, 3.63) is 0 Å². The molecule has 0 radical (unpaired) electrons. The van der Waals surface area contributed by atoms with Crippen molar-refractivity contribution < 1.29 is 85.1 Å². The van der Waals surface area contributed by atoms with Crippen LogP contribution in [0.3, 0.4) is 0 Å². The fourth-order valence-corrected chi connectivity index (χ4v) is 2.76. The smallest absolute Gasteiger partial charge is 0.739 e. The summed E-state index contributed by atoms with van der Waals surface area (Å²) in [5, 5.41) is 0. The van der Waals surface area contributed by atoms with Crippen molar-refractivity contribution in [1.82, 2.24) is 0 Å². The van der Waals surface area contributed by atoms with E-state index < -0.39 is 28.1 Å². The Balaban J connectivity index is -0.0000000941. The van der Waals surface area contributed by atoms with Crippen molar-refractivity contribution in [3.8, 4) is 0 Å². The second kappa shape index (κ2) is 10.7. The first kappa shape index (κ1) is 24.4. The van der Waals surface area contributed by atoms with Crippen LogP contribution in [-0.4, -0.2) is 25.9 Å². The molecule has 0 N–H and O–H groups in total. The predicted octanol–water partition coefficient (Wildman–Crippen LogP) is -6.33. The van der Waals surface area contributed by atoms with Gasteiger partial charge in [-0.05, 0) is 0 Å². The van der Waals surface area contributed by atoms with Crippen molar-refractivity contribution >= 4 is 28.1 Å². The average molecular weight is 268 g/mol. The summed E-state index contributed by atoms with van der Waals surface area (Å²) in [6.07, 6.45) is 0. The Morgan fingerprint density at radius 3 is 1.00 bits per heavy atom. The van der Waals surface area contributed by atoms with Gasteiger partial charge in [0, 0.05) is 0 Å². The average Bonchev–Trinajstić information content (AvgIpc) is 1.60. The van der Waals surface area contributed by atoms with Crippen molar-refractivity contribution in [2.24, 2.45) is 0 Å². The van der Waals surface area contributed by atoms with E-state index in [0.29, 0.717) is 0 Å². The van der Waals surface area contributed by atoms with Crippen LogP contribution in [0, 0.1) is 0 Å². The molecule has 0 atom stereocenters. The Bertz CT molecular complexity index is 249. The molecule has 0 heterocycles. The predicted molar refractivity (Wildman–Crippen MR) is 38.3 cm³/mol. The summed E-state index contributed by atoms with van der Waals surface area (Å²) < 4.78 is 56.9. The minimum Gasteiger partial charge on any atom is -0.739 e. The van der Waals surface area contributed by atoms with Crippen LogP contribution in [0.2, 0.25) is 0 Å². The topological polar surface area (TPSA) is 114 Å². The summed E-state index contributed by atoms with van der Waals surface area (Å²) in [4.78, 5) is 0. The summed E-state index contributed by atoms with van der Waals surface area (Å²) >= 11 is 0. The monoisotopic (exact) mass is 268 g/mol. The molecule has 0 aromatic carbocycles. The normalized spacial score (nSPS) is 9.85. The van der Waals surface area contributed by atoms with Gasteiger partial charge in [-0.15, -0.1) is 0 Å². The van der Waals surface area contributed by atoms with Gasteiger partial charge in [-0.1, -0.05) is 13.8 Å². The molecular weight excluding hydrogens is 262 g/mol. The van der Waals surface area contributed by atoms with E-state index in [4.69, 9.17) is 0 Å². The molecule has 0 spiro atoms. The Labute approximate surface area is 125 Å². The van der Waals surface area contributed by atoms with Gasteiger partial charge >= 0.3 is 59.1 Å². The molecule has 0 saturated heterocycles. The van der Waals surface area contributed by atoms with E-state index in [2.05, 4.69) is 0 Å². The molecule has 0 aromatic rings. The number of hydrogen-bond acceptors (Lipinski definition) is 7. The molecule has 0 bridgehead atoms. The van der Waals surface area contributed by atoms with Crippen molar-refractivity contribution in [2.75, 3.05) is 0 Å². The van der Waals surface area contributed by atoms with Gasteiger partial charge in [0.2, 0.25) is 0 Å². The molecule has 11 heteroatoms. The summed E-state index contributed by atoms with van der Waals surface area (Å²) in [5.41, 5.74) is 0. The summed E-state index contributed by atoms with van der Waals surface area (Å²) in [6.45, 7) is 4.00. The van der Waals surface area contributed by atoms with Gasteiger partial charge in [-0.2, -0.15) is 0 Å². The molecule has 0 aliphatic carbocycles. The molecule has 70 valence electrons. The maximum Gasteiger partial charge on any atom is 1.00 e. The minimum absolute atomic E-state index is 0. The molecule has 0 aliphatic rings. The van der Waals surface area contributed by atoms with Crippen molar-refractivity contribution in [3.63, 3.8) is 0 Å². The Hall–Kier alpha value is 2.17. The molecule has 0 aliphatic heterocycles. The molecule has 0 unspecified atom stereocenters. The zero-order valence-electron chi connectivity index (χ0n) is 7.67. The first-order chi connectivity index (χ1) is 4.71. The van der Waals surface area contributed by atoms with E-state index in [-0.39, 0.29) is 59.1 Å². The fourth-order valence-electron chi connectivity index (χ4n) is 0.102. The molecule has 13 heavy (non-hydrogen) atoms. The standard InChI is InChI=1S/C2H6.2Na.H2O6S3/c1-2;;;1-8(2,3)7-9(4,5)6/h1-2H3;;;(H,1,2,3)(H,4,5,6)/q;2*+1;/p-2. The van der Waals surface area contributed by atoms with Crippen LogP contribution < -0.4 is 59.1 Å². The summed E-state index contributed by atoms with van der Waals surface area (Å²) in [7, 11) is -11.2. The van der Waals surface area contributed by atoms with Crippen LogP contribution in [0.15, 0.2) is 0 Å². The maximum atomic E-state index is 9.48. The number of hydrogen-bond donors (Lipinski definition) is 0. The van der Waals surface area contributed by atoms with E-state index >= 15 is 0 Å². The van der Waals surface area contributed by atoms with E-state index in [1.54, 1.807) is 0 Å². The van der Waals surface area contributed by atoms with E-state index in [0.717, 1.165) is 0 Å². The first-order valence-electron chi connectivity index (χ1n) is 2.33. The van der Waals surface area contributed by atoms with E-state index in [9.17, 15) is 25.9 Å². The van der Waals surface area contributed by atoms with Gasteiger partial charge in [0.05, 0.1) is 9.83 Å². The Morgan fingerprint density at radius 2 is 1.00 bits per heavy atom. The van der Waals surface area contributed by atoms with Gasteiger partial charge in [-0.3, -0.25) is 0 Å². The van der Waals surface area contributed by atoms with E-state index in [1.165, 1.54) is 0 Å². The second-order valence-corrected chi connectivity index (χ2v) is 6.74. The van der Waals surface area contributed by atoms with Crippen LogP contribution in [0.5, 0.6) is 0 Å². The van der Waals surface area contributed by atoms with Gasteiger partial charge in [0.15, 0.2) is 18.3 Å². The molecule has 0 aromatic heterocycles. The Kier molecular flexibility index (Phi) is 20.1. The third kappa shape index (κ3) is 31.4. The van der Waals surface area contributed by atoms with Crippen LogP contribution in [0.25, 0.3) is 0 Å². The third-order valence-electron chi connectivity index (χ3n) is 0.167. The number of rotatable bonds is 2. The zero-order valence-corrected chi connectivity index (χ0v) is 14.1. The first-order valence-corrected chi connectivity index (χ1v) is 7.00. The second-order valence-electron chi connectivity index (χ2n) is 0.885. The van der Waals surface area contributed by atoms with Crippen LogP contribution >= 0.6 is 9.83 Å². The Morgan fingerprint density at radius 1 is 0.846 bits per heavy atom. The molecule has 0 fully saturated rings.